The van der Waals surface area contributed by atoms with Crippen LogP contribution in [0.2, 0.25) is 0 Å². The molecule has 0 heterocycles. The number of para-hydroxylation sites is 1. The fourth-order valence-electron chi connectivity index (χ4n) is 4.28. The summed E-state index contributed by atoms with van der Waals surface area (Å²) in [6.45, 7) is 2.80. The lowest BCUT2D eigenvalue weighted by atomic mass is 10.0. The van der Waals surface area contributed by atoms with Gasteiger partial charge in [0.05, 0.1) is 12.2 Å². The highest BCUT2D eigenvalue weighted by Gasteiger charge is 2.07. The van der Waals surface area contributed by atoms with Gasteiger partial charge in [-0.1, -0.05) is 121 Å². The molecule has 0 atom stereocenters. The Kier molecular flexibility index (Phi) is 15.7. The zero-order valence-electron chi connectivity index (χ0n) is 21.5. The third kappa shape index (κ3) is 13.4. The van der Waals surface area contributed by atoms with Gasteiger partial charge in [-0.2, -0.15) is 0 Å². The van der Waals surface area contributed by atoms with Crippen LogP contribution in [0.1, 0.15) is 120 Å². The van der Waals surface area contributed by atoms with Crippen LogP contribution in [-0.2, 0) is 4.74 Å². The third-order valence-electron chi connectivity index (χ3n) is 6.41. The Morgan fingerprint density at radius 3 is 1.53 bits per heavy atom. The summed E-state index contributed by atoms with van der Waals surface area (Å²) < 4.78 is 5.45. The number of nitrogens with one attached hydrogen (secondary N) is 1. The topological polar surface area (TPSA) is 38.3 Å². The fourth-order valence-corrected chi connectivity index (χ4v) is 4.28. The van der Waals surface area contributed by atoms with Crippen LogP contribution in [-0.4, -0.2) is 12.6 Å². The first-order valence-electron chi connectivity index (χ1n) is 13.9. The fraction of sp³-hybridized carbons (Fsp3) is 0.581. The molecule has 0 bridgehead atoms. The number of hydrogen-bond donors (Lipinski definition) is 1. The summed E-state index contributed by atoms with van der Waals surface area (Å²) in [5.41, 5.74) is 2.59. The lowest BCUT2D eigenvalue weighted by Crippen LogP contribution is -2.06. The van der Waals surface area contributed by atoms with Crippen LogP contribution in [0.25, 0.3) is 0 Å². The minimum atomic E-state index is -0.229. The van der Waals surface area contributed by atoms with Gasteiger partial charge < -0.3 is 10.1 Å². The lowest BCUT2D eigenvalue weighted by Gasteiger charge is -2.08. The maximum atomic E-state index is 12.2. The van der Waals surface area contributed by atoms with Crippen molar-refractivity contribution in [1.29, 1.82) is 0 Å². The number of ether oxygens (including phenoxy) is 1. The minimum absolute atomic E-state index is 0.229. The molecule has 0 unspecified atom stereocenters. The predicted molar refractivity (Wildman–Crippen MR) is 146 cm³/mol. The van der Waals surface area contributed by atoms with E-state index in [1.165, 1.54) is 89.9 Å². The van der Waals surface area contributed by atoms with Crippen LogP contribution in [0.4, 0.5) is 11.4 Å². The average molecular weight is 466 g/mol. The Morgan fingerprint density at radius 2 is 1.03 bits per heavy atom. The van der Waals surface area contributed by atoms with Gasteiger partial charge in [-0.15, -0.1) is 0 Å². The Morgan fingerprint density at radius 1 is 0.588 bits per heavy atom. The van der Waals surface area contributed by atoms with Crippen molar-refractivity contribution in [3.63, 3.8) is 0 Å². The van der Waals surface area contributed by atoms with Crippen molar-refractivity contribution in [2.24, 2.45) is 0 Å². The van der Waals surface area contributed by atoms with E-state index in [2.05, 4.69) is 12.2 Å². The lowest BCUT2D eigenvalue weighted by molar-refractivity contribution is 0.0497. The molecule has 2 aromatic rings. The van der Waals surface area contributed by atoms with Gasteiger partial charge >= 0.3 is 5.97 Å². The standard InChI is InChI=1S/C31H47NO2/c1-2-3-4-5-6-7-8-9-10-11-12-13-14-15-16-20-27-34-31(33)28-23-25-30(26-24-28)32-29-21-18-17-19-22-29/h17-19,21-26,32H,2-16,20,27H2,1H3. The molecule has 0 amide bonds. The average Bonchev–Trinajstić information content (AvgIpc) is 2.87. The van der Waals surface area contributed by atoms with E-state index in [4.69, 9.17) is 4.74 Å². The van der Waals surface area contributed by atoms with Crippen LogP contribution in [0.15, 0.2) is 54.6 Å². The molecule has 188 valence electrons. The summed E-state index contributed by atoms with van der Waals surface area (Å²) in [6.07, 6.45) is 21.5. The van der Waals surface area contributed by atoms with E-state index in [1.54, 1.807) is 0 Å². The second kappa shape index (κ2) is 19.1. The molecule has 34 heavy (non-hydrogen) atoms. The summed E-state index contributed by atoms with van der Waals surface area (Å²) in [5, 5.41) is 3.32. The maximum Gasteiger partial charge on any atom is 0.338 e. The number of benzene rings is 2. The summed E-state index contributed by atoms with van der Waals surface area (Å²) in [5.74, 6) is -0.229. The van der Waals surface area contributed by atoms with Crippen LogP contribution in [0.5, 0.6) is 0 Å². The zero-order chi connectivity index (χ0) is 24.1. The highest BCUT2D eigenvalue weighted by atomic mass is 16.5. The molecular formula is C31H47NO2. The second-order valence-electron chi connectivity index (χ2n) is 9.51. The number of carbonyl (C=O) groups is 1. The first-order valence-corrected chi connectivity index (χ1v) is 13.9. The van der Waals surface area contributed by atoms with E-state index in [1.807, 2.05) is 54.6 Å². The molecule has 3 nitrogen and oxygen atoms in total. The Balaban J connectivity index is 1.38. The molecule has 0 aliphatic rings. The van der Waals surface area contributed by atoms with Crippen molar-refractivity contribution in [2.75, 3.05) is 11.9 Å². The van der Waals surface area contributed by atoms with E-state index >= 15 is 0 Å². The van der Waals surface area contributed by atoms with Crippen LogP contribution >= 0.6 is 0 Å². The molecule has 2 aromatic carbocycles. The maximum absolute atomic E-state index is 12.2. The predicted octanol–water partition coefficient (Wildman–Crippen LogP) is 9.85. The summed E-state index contributed by atoms with van der Waals surface area (Å²) in [4.78, 5) is 12.2. The number of esters is 1. The smallest absolute Gasteiger partial charge is 0.338 e. The van der Waals surface area contributed by atoms with Crippen LogP contribution in [0, 0.1) is 0 Å². The molecule has 0 aliphatic heterocycles. The van der Waals surface area contributed by atoms with Crippen molar-refractivity contribution in [3.05, 3.63) is 60.2 Å². The van der Waals surface area contributed by atoms with Crippen molar-refractivity contribution < 1.29 is 9.53 Å². The second-order valence-corrected chi connectivity index (χ2v) is 9.51. The van der Waals surface area contributed by atoms with Gasteiger partial charge in [-0.3, -0.25) is 0 Å². The SMILES string of the molecule is CCCCCCCCCCCCCCCCCCOC(=O)c1ccc(Nc2ccccc2)cc1. The number of hydrogen-bond acceptors (Lipinski definition) is 3. The van der Waals surface area contributed by atoms with Crippen LogP contribution in [0.3, 0.4) is 0 Å². The third-order valence-corrected chi connectivity index (χ3v) is 6.41. The molecule has 0 fully saturated rings. The molecule has 0 saturated heterocycles. The number of anilines is 2. The van der Waals surface area contributed by atoms with Crippen molar-refractivity contribution >= 4 is 17.3 Å². The number of rotatable bonds is 20. The molecule has 3 heteroatoms. The summed E-state index contributed by atoms with van der Waals surface area (Å²) >= 11 is 0. The van der Waals surface area contributed by atoms with E-state index in [-0.39, 0.29) is 5.97 Å². The van der Waals surface area contributed by atoms with Gasteiger partial charge in [0, 0.05) is 11.4 Å². The monoisotopic (exact) mass is 465 g/mol. The highest BCUT2D eigenvalue weighted by molar-refractivity contribution is 5.89. The normalized spacial score (nSPS) is 10.9. The first-order chi connectivity index (χ1) is 16.8. The minimum Gasteiger partial charge on any atom is -0.462 e. The molecule has 0 aliphatic carbocycles. The van der Waals surface area contributed by atoms with Gasteiger partial charge in [0.2, 0.25) is 0 Å². The Hall–Kier alpha value is -2.29. The van der Waals surface area contributed by atoms with E-state index in [0.717, 1.165) is 24.2 Å². The molecule has 0 saturated carbocycles. The van der Waals surface area contributed by atoms with Gasteiger partial charge in [-0.25, -0.2) is 4.79 Å². The number of unbranched alkanes of at least 4 members (excludes halogenated alkanes) is 15. The largest absolute Gasteiger partial charge is 0.462 e. The molecule has 2 rings (SSSR count). The highest BCUT2D eigenvalue weighted by Crippen LogP contribution is 2.17. The molecule has 0 radical (unpaired) electrons. The molecular weight excluding hydrogens is 418 g/mol. The van der Waals surface area contributed by atoms with Gasteiger partial charge in [-0.05, 0) is 42.8 Å². The summed E-state index contributed by atoms with van der Waals surface area (Å²) in [6, 6.07) is 17.5. The Bertz CT molecular complexity index is 742. The van der Waals surface area contributed by atoms with Crippen molar-refractivity contribution in [3.8, 4) is 0 Å². The first kappa shape index (κ1) is 28.0. The summed E-state index contributed by atoms with van der Waals surface area (Å²) in [7, 11) is 0. The Labute approximate surface area is 208 Å². The van der Waals surface area contributed by atoms with Gasteiger partial charge in [0.15, 0.2) is 0 Å². The van der Waals surface area contributed by atoms with Gasteiger partial charge in [0.1, 0.15) is 0 Å². The zero-order valence-corrected chi connectivity index (χ0v) is 21.5. The van der Waals surface area contributed by atoms with E-state index in [9.17, 15) is 4.79 Å². The molecule has 0 spiro atoms. The van der Waals surface area contributed by atoms with Gasteiger partial charge in [0.25, 0.3) is 0 Å². The molecule has 1 N–H and O–H groups in total. The van der Waals surface area contributed by atoms with Crippen molar-refractivity contribution in [2.45, 2.75) is 110 Å². The number of carbonyl (C=O) groups excluding carboxylic acids is 1. The van der Waals surface area contributed by atoms with Crippen LogP contribution < -0.4 is 5.32 Å². The van der Waals surface area contributed by atoms with Crippen molar-refractivity contribution in [1.82, 2.24) is 0 Å². The molecule has 0 aromatic heterocycles. The van der Waals surface area contributed by atoms with E-state index < -0.39 is 0 Å². The van der Waals surface area contributed by atoms with E-state index in [0.29, 0.717) is 12.2 Å². The quantitative estimate of drug-likeness (QED) is 0.156.